The summed E-state index contributed by atoms with van der Waals surface area (Å²) in [6, 6.07) is 10.1. The molecule has 2 rings (SSSR count). The van der Waals surface area contributed by atoms with Crippen molar-refractivity contribution < 1.29 is 14.3 Å². The van der Waals surface area contributed by atoms with Gasteiger partial charge in [0.25, 0.3) is 0 Å². The Bertz CT molecular complexity index is 435. The third-order valence-corrected chi connectivity index (χ3v) is 4.77. The minimum absolute atomic E-state index is 0.0314. The molecule has 1 aliphatic rings. The van der Waals surface area contributed by atoms with Crippen LogP contribution in [0.15, 0.2) is 35.2 Å². The molecule has 1 heterocycles. The maximum absolute atomic E-state index is 11.8. The van der Waals surface area contributed by atoms with Gasteiger partial charge in [-0.25, -0.2) is 0 Å². The highest BCUT2D eigenvalue weighted by Gasteiger charge is 2.50. The molecule has 1 aromatic carbocycles. The van der Waals surface area contributed by atoms with E-state index in [0.717, 1.165) is 24.2 Å². The zero-order chi connectivity index (χ0) is 14.4. The van der Waals surface area contributed by atoms with Crippen LogP contribution in [-0.2, 0) is 14.3 Å². The fourth-order valence-corrected chi connectivity index (χ4v) is 3.75. The van der Waals surface area contributed by atoms with E-state index in [9.17, 15) is 4.79 Å². The summed E-state index contributed by atoms with van der Waals surface area (Å²) in [5.41, 5.74) is 0. The second kappa shape index (κ2) is 7.14. The molecule has 0 bridgehead atoms. The second-order valence-corrected chi connectivity index (χ2v) is 6.22. The maximum Gasteiger partial charge on any atom is 0.309 e. The molecule has 2 atom stereocenters. The fourth-order valence-electron chi connectivity index (χ4n) is 2.48. The molecule has 0 saturated carbocycles. The standard InChI is InChI=1S/C16H22O3S/c1-3-5-11-16(18-4-2)14(12-15(17)19-16)20-13-9-7-6-8-10-13/h6-10,14H,3-5,11-12H2,1-2H3/t14-,16-/m0/s1. The van der Waals surface area contributed by atoms with Crippen molar-refractivity contribution in [1.29, 1.82) is 0 Å². The third-order valence-electron chi connectivity index (χ3n) is 3.42. The van der Waals surface area contributed by atoms with Crippen molar-refractivity contribution in [3.05, 3.63) is 30.3 Å². The first-order chi connectivity index (χ1) is 9.70. The highest BCUT2D eigenvalue weighted by molar-refractivity contribution is 8.00. The van der Waals surface area contributed by atoms with Gasteiger partial charge in [-0.05, 0) is 25.5 Å². The number of carbonyl (C=O) groups is 1. The SMILES string of the molecule is CCCC[C@]1(OCC)OC(=O)C[C@@H]1Sc1ccccc1. The van der Waals surface area contributed by atoms with E-state index in [1.165, 1.54) is 0 Å². The normalized spacial score (nSPS) is 25.7. The first-order valence-corrected chi connectivity index (χ1v) is 8.15. The molecule has 110 valence electrons. The van der Waals surface area contributed by atoms with Crippen LogP contribution in [0.25, 0.3) is 0 Å². The average Bonchev–Trinajstić information content (AvgIpc) is 2.74. The highest BCUT2D eigenvalue weighted by atomic mass is 32.2. The average molecular weight is 294 g/mol. The van der Waals surface area contributed by atoms with Crippen LogP contribution < -0.4 is 0 Å². The van der Waals surface area contributed by atoms with E-state index < -0.39 is 5.79 Å². The Kier molecular flexibility index (Phi) is 5.49. The van der Waals surface area contributed by atoms with Crippen molar-refractivity contribution in [2.45, 2.75) is 55.5 Å². The summed E-state index contributed by atoms with van der Waals surface area (Å²) in [5.74, 6) is -0.898. The first-order valence-electron chi connectivity index (χ1n) is 7.27. The maximum atomic E-state index is 11.8. The number of carbonyl (C=O) groups excluding carboxylic acids is 1. The molecular weight excluding hydrogens is 272 g/mol. The van der Waals surface area contributed by atoms with Crippen LogP contribution >= 0.6 is 11.8 Å². The van der Waals surface area contributed by atoms with Crippen LogP contribution in [0.1, 0.15) is 39.5 Å². The lowest BCUT2D eigenvalue weighted by atomic mass is 10.1. The Morgan fingerprint density at radius 1 is 1.35 bits per heavy atom. The summed E-state index contributed by atoms with van der Waals surface area (Å²) in [4.78, 5) is 12.9. The highest BCUT2D eigenvalue weighted by Crippen LogP contribution is 2.43. The van der Waals surface area contributed by atoms with E-state index in [2.05, 4.69) is 19.1 Å². The van der Waals surface area contributed by atoms with Crippen molar-refractivity contribution in [3.63, 3.8) is 0 Å². The van der Waals surface area contributed by atoms with Gasteiger partial charge in [0, 0.05) is 17.9 Å². The quantitative estimate of drug-likeness (QED) is 0.712. The smallest absolute Gasteiger partial charge is 0.309 e. The Morgan fingerprint density at radius 3 is 2.75 bits per heavy atom. The van der Waals surface area contributed by atoms with Gasteiger partial charge >= 0.3 is 5.97 Å². The number of esters is 1. The Balaban J connectivity index is 2.16. The van der Waals surface area contributed by atoms with Crippen molar-refractivity contribution in [2.24, 2.45) is 0 Å². The van der Waals surface area contributed by atoms with Crippen molar-refractivity contribution in [2.75, 3.05) is 6.61 Å². The monoisotopic (exact) mass is 294 g/mol. The summed E-state index contributed by atoms with van der Waals surface area (Å²) < 4.78 is 11.5. The van der Waals surface area contributed by atoms with Gasteiger partial charge in [-0.3, -0.25) is 4.79 Å². The van der Waals surface area contributed by atoms with Crippen LogP contribution in [0.4, 0.5) is 0 Å². The van der Waals surface area contributed by atoms with Gasteiger partial charge in [-0.1, -0.05) is 31.5 Å². The topological polar surface area (TPSA) is 35.5 Å². The van der Waals surface area contributed by atoms with Gasteiger partial charge in [0.05, 0.1) is 11.7 Å². The number of thioether (sulfide) groups is 1. The number of hydrogen-bond donors (Lipinski definition) is 0. The summed E-state index contributed by atoms with van der Waals surface area (Å²) in [7, 11) is 0. The minimum Gasteiger partial charge on any atom is -0.432 e. The number of cyclic esters (lactones) is 1. The van der Waals surface area contributed by atoms with Crippen molar-refractivity contribution >= 4 is 17.7 Å². The third kappa shape index (κ3) is 3.55. The van der Waals surface area contributed by atoms with Gasteiger partial charge in [-0.15, -0.1) is 11.8 Å². The van der Waals surface area contributed by atoms with Gasteiger partial charge < -0.3 is 9.47 Å². The molecule has 3 nitrogen and oxygen atoms in total. The van der Waals surface area contributed by atoms with E-state index in [0.29, 0.717) is 13.0 Å². The van der Waals surface area contributed by atoms with Crippen LogP contribution in [0.2, 0.25) is 0 Å². The predicted octanol–water partition coefficient (Wildman–Crippen LogP) is 4.02. The van der Waals surface area contributed by atoms with E-state index in [1.54, 1.807) is 11.8 Å². The van der Waals surface area contributed by atoms with Crippen LogP contribution in [0.5, 0.6) is 0 Å². The van der Waals surface area contributed by atoms with Gasteiger partial charge in [-0.2, -0.15) is 0 Å². The lowest BCUT2D eigenvalue weighted by Crippen LogP contribution is -2.40. The molecule has 0 radical (unpaired) electrons. The zero-order valence-corrected chi connectivity index (χ0v) is 12.9. The Hall–Kier alpha value is -1.00. The first kappa shape index (κ1) is 15.4. The number of benzene rings is 1. The van der Waals surface area contributed by atoms with E-state index in [4.69, 9.17) is 9.47 Å². The molecule has 4 heteroatoms. The van der Waals surface area contributed by atoms with Gasteiger partial charge in [0.1, 0.15) is 0 Å². The second-order valence-electron chi connectivity index (χ2n) is 4.95. The van der Waals surface area contributed by atoms with Crippen molar-refractivity contribution in [3.8, 4) is 0 Å². The summed E-state index contributed by atoms with van der Waals surface area (Å²) in [6.45, 7) is 4.64. The van der Waals surface area contributed by atoms with Crippen LogP contribution in [0.3, 0.4) is 0 Å². The predicted molar refractivity (Wildman–Crippen MR) is 80.7 cm³/mol. The number of ether oxygens (including phenoxy) is 2. The van der Waals surface area contributed by atoms with Gasteiger partial charge in [0.15, 0.2) is 0 Å². The Labute approximate surface area is 125 Å². The van der Waals surface area contributed by atoms with E-state index in [1.807, 2.05) is 25.1 Å². The van der Waals surface area contributed by atoms with E-state index >= 15 is 0 Å². The number of rotatable bonds is 7. The molecule has 20 heavy (non-hydrogen) atoms. The molecule has 1 aliphatic heterocycles. The summed E-state index contributed by atoms with van der Waals surface area (Å²) >= 11 is 1.68. The largest absolute Gasteiger partial charge is 0.432 e. The number of hydrogen-bond acceptors (Lipinski definition) is 4. The molecule has 0 aliphatic carbocycles. The molecule has 0 spiro atoms. The zero-order valence-electron chi connectivity index (χ0n) is 12.1. The molecular formula is C16H22O3S. The lowest BCUT2D eigenvalue weighted by Gasteiger charge is -2.32. The van der Waals surface area contributed by atoms with E-state index in [-0.39, 0.29) is 11.2 Å². The molecule has 0 aromatic heterocycles. The molecule has 1 saturated heterocycles. The molecule has 0 amide bonds. The summed E-state index contributed by atoms with van der Waals surface area (Å²) in [6.07, 6.45) is 3.26. The molecule has 0 unspecified atom stereocenters. The molecule has 0 N–H and O–H groups in total. The van der Waals surface area contributed by atoms with Gasteiger partial charge in [0.2, 0.25) is 5.79 Å². The lowest BCUT2D eigenvalue weighted by molar-refractivity contribution is -0.211. The number of unbranched alkanes of at least 4 members (excludes halogenated alkanes) is 1. The Morgan fingerprint density at radius 2 is 2.10 bits per heavy atom. The summed E-state index contributed by atoms with van der Waals surface area (Å²) in [5, 5.41) is 0.0314. The molecule has 1 fully saturated rings. The molecule has 1 aromatic rings. The minimum atomic E-state index is -0.748. The van der Waals surface area contributed by atoms with Crippen LogP contribution in [0, 0.1) is 0 Å². The van der Waals surface area contributed by atoms with Crippen molar-refractivity contribution in [1.82, 2.24) is 0 Å². The van der Waals surface area contributed by atoms with Crippen LogP contribution in [-0.4, -0.2) is 23.6 Å². The fraction of sp³-hybridized carbons (Fsp3) is 0.562.